The molecule has 0 spiro atoms. The highest BCUT2D eigenvalue weighted by Crippen LogP contribution is 2.25. The summed E-state index contributed by atoms with van der Waals surface area (Å²) in [4.78, 5) is 18.2. The number of hydrogen-bond acceptors (Lipinski definition) is 7. The summed E-state index contributed by atoms with van der Waals surface area (Å²) in [5.74, 6) is 1.59. The number of rotatable bonds is 6. The molecule has 0 bridgehead atoms. The summed E-state index contributed by atoms with van der Waals surface area (Å²) in [6, 6.07) is 0. The van der Waals surface area contributed by atoms with Gasteiger partial charge in [0.05, 0.1) is 4.92 Å². The van der Waals surface area contributed by atoms with E-state index < -0.39 is 4.92 Å². The second-order valence-corrected chi connectivity index (χ2v) is 4.97. The Morgan fingerprint density at radius 1 is 1.56 bits per heavy atom. The van der Waals surface area contributed by atoms with Crippen molar-refractivity contribution in [2.45, 2.75) is 13.8 Å². The van der Waals surface area contributed by atoms with Gasteiger partial charge in [0.25, 0.3) is 0 Å². The average Bonchev–Trinajstić information content (AvgIpc) is 2.25. The van der Waals surface area contributed by atoms with Gasteiger partial charge in [0.2, 0.25) is 11.8 Å². The highest BCUT2D eigenvalue weighted by Gasteiger charge is 2.21. The number of nitrogens with zero attached hydrogens (tertiary/aromatic N) is 3. The zero-order chi connectivity index (χ0) is 13.7. The fraction of sp³-hybridized carbons (Fsp3) is 0.600. The zero-order valence-corrected chi connectivity index (χ0v) is 11.5. The molecule has 0 aliphatic heterocycles. The van der Waals surface area contributed by atoms with Gasteiger partial charge in [-0.15, -0.1) is 0 Å². The third-order valence-electron chi connectivity index (χ3n) is 2.33. The van der Waals surface area contributed by atoms with Crippen LogP contribution in [0.1, 0.15) is 12.6 Å². The first kappa shape index (κ1) is 14.5. The molecule has 0 aliphatic rings. The lowest BCUT2D eigenvalue weighted by molar-refractivity contribution is -0.385. The van der Waals surface area contributed by atoms with Crippen LogP contribution in [0.3, 0.4) is 0 Å². The van der Waals surface area contributed by atoms with Gasteiger partial charge in [-0.2, -0.15) is 16.7 Å². The molecule has 0 fully saturated rings. The second-order valence-electron chi connectivity index (χ2n) is 4.06. The van der Waals surface area contributed by atoms with E-state index in [0.717, 1.165) is 5.75 Å². The van der Waals surface area contributed by atoms with E-state index in [1.54, 1.807) is 18.7 Å². The molecule has 1 unspecified atom stereocenters. The van der Waals surface area contributed by atoms with Gasteiger partial charge in [0.1, 0.15) is 5.69 Å². The Morgan fingerprint density at radius 2 is 2.22 bits per heavy atom. The fourth-order valence-corrected chi connectivity index (χ4v) is 2.23. The molecule has 0 amide bonds. The van der Waals surface area contributed by atoms with Crippen LogP contribution in [0, 0.1) is 23.0 Å². The predicted octanol–water partition coefficient (Wildman–Crippen LogP) is 1.69. The van der Waals surface area contributed by atoms with Crippen LogP contribution in [-0.4, -0.2) is 33.4 Å². The number of nitro groups is 1. The Morgan fingerprint density at radius 3 is 2.78 bits per heavy atom. The molecule has 1 aromatic rings. The Labute approximate surface area is 110 Å². The maximum absolute atomic E-state index is 11.0. The minimum absolute atomic E-state index is 0.0399. The molecule has 18 heavy (non-hydrogen) atoms. The van der Waals surface area contributed by atoms with Crippen molar-refractivity contribution in [3.05, 3.63) is 15.8 Å². The van der Waals surface area contributed by atoms with Gasteiger partial charge < -0.3 is 11.1 Å². The lowest BCUT2D eigenvalue weighted by Gasteiger charge is -2.12. The van der Waals surface area contributed by atoms with Crippen molar-refractivity contribution in [3.63, 3.8) is 0 Å². The second kappa shape index (κ2) is 6.39. The van der Waals surface area contributed by atoms with E-state index >= 15 is 0 Å². The summed E-state index contributed by atoms with van der Waals surface area (Å²) >= 11 is 1.73. The Bertz CT molecular complexity index is 441. The molecule has 100 valence electrons. The van der Waals surface area contributed by atoms with Gasteiger partial charge in [-0.3, -0.25) is 10.1 Å². The van der Waals surface area contributed by atoms with Crippen LogP contribution in [0.2, 0.25) is 0 Å². The van der Waals surface area contributed by atoms with E-state index in [0.29, 0.717) is 12.5 Å². The largest absolute Gasteiger partial charge is 0.368 e. The van der Waals surface area contributed by atoms with Gasteiger partial charge >= 0.3 is 5.69 Å². The Kier molecular flexibility index (Phi) is 5.14. The van der Waals surface area contributed by atoms with Crippen LogP contribution in [0.25, 0.3) is 0 Å². The number of anilines is 2. The normalized spacial score (nSPS) is 12.2. The summed E-state index contributed by atoms with van der Waals surface area (Å²) in [5, 5.41) is 13.9. The third kappa shape index (κ3) is 3.73. The molecule has 8 heteroatoms. The first-order valence-corrected chi connectivity index (χ1v) is 6.86. The molecular weight excluding hydrogens is 254 g/mol. The molecule has 7 nitrogen and oxygen atoms in total. The van der Waals surface area contributed by atoms with E-state index in [2.05, 4.69) is 22.2 Å². The van der Waals surface area contributed by atoms with Gasteiger partial charge in [0.15, 0.2) is 0 Å². The summed E-state index contributed by atoms with van der Waals surface area (Å²) in [6.45, 7) is 4.22. The van der Waals surface area contributed by atoms with E-state index in [-0.39, 0.29) is 23.1 Å². The highest BCUT2D eigenvalue weighted by molar-refractivity contribution is 7.98. The van der Waals surface area contributed by atoms with E-state index in [1.807, 2.05) is 6.26 Å². The quantitative estimate of drug-likeness (QED) is 0.598. The van der Waals surface area contributed by atoms with E-state index in [9.17, 15) is 10.1 Å². The topological polar surface area (TPSA) is 107 Å². The van der Waals surface area contributed by atoms with Crippen LogP contribution in [0.15, 0.2) is 0 Å². The van der Waals surface area contributed by atoms with Crippen molar-refractivity contribution in [2.75, 3.05) is 29.6 Å². The third-order valence-corrected chi connectivity index (χ3v) is 3.23. The van der Waals surface area contributed by atoms with Crippen LogP contribution >= 0.6 is 11.8 Å². The van der Waals surface area contributed by atoms with Crippen LogP contribution in [0.4, 0.5) is 17.5 Å². The van der Waals surface area contributed by atoms with Crippen LogP contribution in [0.5, 0.6) is 0 Å². The standard InChI is InChI=1S/C10H17N5O2S/c1-6(5-18-3)4-12-9-8(15(16)17)7(2)13-10(11)14-9/h6H,4-5H2,1-3H3,(H3,11,12,13,14). The minimum atomic E-state index is -0.490. The summed E-state index contributed by atoms with van der Waals surface area (Å²) in [7, 11) is 0. The number of thioether (sulfide) groups is 1. The number of aryl methyl sites for hydroxylation is 1. The predicted molar refractivity (Wildman–Crippen MR) is 73.9 cm³/mol. The van der Waals surface area contributed by atoms with Gasteiger partial charge in [-0.05, 0) is 24.9 Å². The first-order chi connectivity index (χ1) is 8.45. The molecule has 1 heterocycles. The fourth-order valence-electron chi connectivity index (χ4n) is 1.54. The molecule has 0 aliphatic carbocycles. The maximum Gasteiger partial charge on any atom is 0.332 e. The van der Waals surface area contributed by atoms with Crippen LogP contribution in [-0.2, 0) is 0 Å². The molecular formula is C10H17N5O2S. The van der Waals surface area contributed by atoms with Crippen molar-refractivity contribution in [1.82, 2.24) is 9.97 Å². The minimum Gasteiger partial charge on any atom is -0.368 e. The monoisotopic (exact) mass is 271 g/mol. The first-order valence-electron chi connectivity index (χ1n) is 5.47. The van der Waals surface area contributed by atoms with Gasteiger partial charge in [0, 0.05) is 6.54 Å². The molecule has 0 saturated heterocycles. The number of nitrogens with two attached hydrogens (primary N) is 1. The summed E-state index contributed by atoms with van der Waals surface area (Å²) in [5.41, 5.74) is 5.66. The lowest BCUT2D eigenvalue weighted by atomic mass is 10.2. The summed E-state index contributed by atoms with van der Waals surface area (Å²) < 4.78 is 0. The Hall–Kier alpha value is -1.57. The Balaban J connectivity index is 2.90. The smallest absolute Gasteiger partial charge is 0.332 e. The van der Waals surface area contributed by atoms with Crippen molar-refractivity contribution >= 4 is 29.2 Å². The number of nitrogen functional groups attached to an aromatic ring is 1. The average molecular weight is 271 g/mol. The molecule has 0 saturated carbocycles. The lowest BCUT2D eigenvalue weighted by Crippen LogP contribution is -2.16. The van der Waals surface area contributed by atoms with Crippen molar-refractivity contribution in [3.8, 4) is 0 Å². The number of aromatic nitrogens is 2. The van der Waals surface area contributed by atoms with E-state index in [4.69, 9.17) is 5.73 Å². The number of nitrogens with one attached hydrogen (secondary N) is 1. The van der Waals surface area contributed by atoms with E-state index in [1.165, 1.54) is 0 Å². The van der Waals surface area contributed by atoms with Crippen molar-refractivity contribution in [2.24, 2.45) is 5.92 Å². The highest BCUT2D eigenvalue weighted by atomic mass is 32.2. The SMILES string of the molecule is CSCC(C)CNc1nc(N)nc(C)c1[N+](=O)[O-]. The number of hydrogen-bond donors (Lipinski definition) is 2. The van der Waals surface area contributed by atoms with Crippen LogP contribution < -0.4 is 11.1 Å². The molecule has 1 rings (SSSR count). The van der Waals surface area contributed by atoms with Crippen molar-refractivity contribution < 1.29 is 4.92 Å². The zero-order valence-electron chi connectivity index (χ0n) is 10.6. The molecule has 3 N–H and O–H groups in total. The molecule has 1 aromatic heterocycles. The van der Waals surface area contributed by atoms with Gasteiger partial charge in [-0.1, -0.05) is 6.92 Å². The summed E-state index contributed by atoms with van der Waals surface area (Å²) in [6.07, 6.45) is 2.02. The van der Waals surface area contributed by atoms with Gasteiger partial charge in [-0.25, -0.2) is 4.98 Å². The maximum atomic E-state index is 11.0. The molecule has 0 radical (unpaired) electrons. The van der Waals surface area contributed by atoms with Crippen molar-refractivity contribution in [1.29, 1.82) is 0 Å². The molecule has 0 aromatic carbocycles. The molecule has 1 atom stereocenters.